The smallest absolute Gasteiger partial charge is 0.116 e. The van der Waals surface area contributed by atoms with Crippen molar-refractivity contribution >= 4 is 22.0 Å². The molecule has 0 bridgehead atoms. The molecule has 5 aromatic rings. The van der Waals surface area contributed by atoms with Crippen LogP contribution < -0.4 is 0 Å². The van der Waals surface area contributed by atoms with Gasteiger partial charge in [-0.1, -0.05) is 86.0 Å². The van der Waals surface area contributed by atoms with E-state index < -0.39 is 0 Å². The van der Waals surface area contributed by atoms with Gasteiger partial charge in [-0.05, 0) is 78.8 Å². The molecule has 4 nitrogen and oxygen atoms in total. The predicted molar refractivity (Wildman–Crippen MR) is 169 cm³/mol. The first kappa shape index (κ1) is 26.6. The Bertz CT molecular complexity index is 1730. The molecular weight excluding hydrogens is 488 g/mol. The molecule has 40 heavy (non-hydrogen) atoms. The molecule has 2 N–H and O–H groups in total. The van der Waals surface area contributed by atoms with Gasteiger partial charge in [-0.25, -0.2) is 0 Å². The van der Waals surface area contributed by atoms with Gasteiger partial charge in [-0.15, -0.1) is 0 Å². The van der Waals surface area contributed by atoms with E-state index in [-0.39, 0.29) is 0 Å². The van der Waals surface area contributed by atoms with Crippen LogP contribution in [0.25, 0.3) is 33.4 Å². The number of rotatable bonds is 10. The molecule has 0 aliphatic rings. The Labute approximate surface area is 236 Å². The van der Waals surface area contributed by atoms with Crippen molar-refractivity contribution in [2.75, 3.05) is 0 Å². The molecule has 0 aliphatic carbocycles. The SMILES string of the molecule is C=C/C=C(/c1cccnc1)c1cc(-c2n[nH]c3ccc(C(/C=C(\C=C)CCc4ccccc4)=C/C)cc23)[nH]c1C. The van der Waals surface area contributed by atoms with Gasteiger partial charge in [-0.3, -0.25) is 10.1 Å². The third-order valence-electron chi connectivity index (χ3n) is 7.17. The molecule has 0 unspecified atom stereocenters. The van der Waals surface area contributed by atoms with Crippen molar-refractivity contribution in [2.24, 2.45) is 0 Å². The first-order chi connectivity index (χ1) is 19.6. The monoisotopic (exact) mass is 522 g/mol. The zero-order chi connectivity index (χ0) is 27.9. The topological polar surface area (TPSA) is 57.4 Å². The number of fused-ring (bicyclic) bond motifs is 1. The standard InChI is InChI=1S/C36H34N4/c1-5-12-31(30-15-11-20-37-24-30)32-23-35(38-25(32)4)36-33-22-29(18-19-34(33)39-40-36)28(7-3)21-26(6-2)16-17-27-13-9-8-10-14-27/h5-15,18-24,38H,1-2,16-17H2,3-4H3,(H,39,40)/b26-21+,28-7+,31-12-. The minimum Gasteiger partial charge on any atom is -0.357 e. The van der Waals surface area contributed by atoms with Crippen molar-refractivity contribution in [3.63, 3.8) is 0 Å². The highest BCUT2D eigenvalue weighted by atomic mass is 15.1. The Morgan fingerprint density at radius 1 is 0.975 bits per heavy atom. The number of aromatic amines is 2. The van der Waals surface area contributed by atoms with Crippen LogP contribution in [0.5, 0.6) is 0 Å². The number of pyridine rings is 1. The Kier molecular flexibility index (Phi) is 8.17. The van der Waals surface area contributed by atoms with E-state index in [4.69, 9.17) is 5.10 Å². The minimum atomic E-state index is 0.891. The Balaban J connectivity index is 1.48. The Morgan fingerprint density at radius 2 is 1.82 bits per heavy atom. The van der Waals surface area contributed by atoms with E-state index in [1.807, 2.05) is 30.5 Å². The molecule has 0 saturated carbocycles. The van der Waals surface area contributed by atoms with Crippen LogP contribution in [0.15, 0.2) is 128 Å². The maximum atomic E-state index is 4.71. The fraction of sp³-hybridized carbons (Fsp3) is 0.111. The zero-order valence-electron chi connectivity index (χ0n) is 23.1. The largest absolute Gasteiger partial charge is 0.357 e. The number of nitrogens with zero attached hydrogens (tertiary/aromatic N) is 2. The van der Waals surface area contributed by atoms with Crippen molar-refractivity contribution in [2.45, 2.75) is 26.7 Å². The van der Waals surface area contributed by atoms with Crippen LogP contribution in [0, 0.1) is 6.92 Å². The summed E-state index contributed by atoms with van der Waals surface area (Å²) in [6, 6.07) is 23.2. The highest BCUT2D eigenvalue weighted by molar-refractivity contribution is 5.96. The van der Waals surface area contributed by atoms with E-state index in [1.165, 1.54) is 11.1 Å². The molecule has 0 spiro atoms. The van der Waals surface area contributed by atoms with Crippen LogP contribution in [-0.4, -0.2) is 20.2 Å². The summed E-state index contributed by atoms with van der Waals surface area (Å²) in [5.41, 5.74) is 12.0. The summed E-state index contributed by atoms with van der Waals surface area (Å²) in [5.74, 6) is 0. The maximum absolute atomic E-state index is 4.71. The molecule has 0 saturated heterocycles. The molecule has 0 amide bonds. The number of hydrogen-bond donors (Lipinski definition) is 2. The van der Waals surface area contributed by atoms with Crippen molar-refractivity contribution in [1.82, 2.24) is 20.2 Å². The Hall–Kier alpha value is -4.96. The number of allylic oxidation sites excluding steroid dienone is 7. The van der Waals surface area contributed by atoms with Gasteiger partial charge in [0.1, 0.15) is 5.69 Å². The predicted octanol–water partition coefficient (Wildman–Crippen LogP) is 9.03. The third-order valence-corrected chi connectivity index (χ3v) is 7.17. The molecule has 5 rings (SSSR count). The second-order valence-corrected chi connectivity index (χ2v) is 9.77. The molecule has 198 valence electrons. The second kappa shape index (κ2) is 12.3. The van der Waals surface area contributed by atoms with Gasteiger partial charge in [0.05, 0.1) is 11.2 Å². The molecule has 3 aromatic heterocycles. The molecular formula is C36H34N4. The maximum Gasteiger partial charge on any atom is 0.116 e. The lowest BCUT2D eigenvalue weighted by atomic mass is 9.97. The molecule has 0 radical (unpaired) electrons. The fourth-order valence-corrected chi connectivity index (χ4v) is 5.05. The summed E-state index contributed by atoms with van der Waals surface area (Å²) in [5, 5.41) is 8.99. The number of hydrogen-bond acceptors (Lipinski definition) is 2. The lowest BCUT2D eigenvalue weighted by Gasteiger charge is -2.08. The van der Waals surface area contributed by atoms with Gasteiger partial charge in [0.15, 0.2) is 0 Å². The summed E-state index contributed by atoms with van der Waals surface area (Å²) in [7, 11) is 0. The highest BCUT2D eigenvalue weighted by Gasteiger charge is 2.16. The van der Waals surface area contributed by atoms with Crippen LogP contribution in [0.3, 0.4) is 0 Å². The molecule has 0 atom stereocenters. The van der Waals surface area contributed by atoms with Crippen LogP contribution in [0.4, 0.5) is 0 Å². The van der Waals surface area contributed by atoms with Crippen LogP contribution in [0.2, 0.25) is 0 Å². The first-order valence-corrected chi connectivity index (χ1v) is 13.6. The quantitative estimate of drug-likeness (QED) is 0.180. The first-order valence-electron chi connectivity index (χ1n) is 13.6. The number of aryl methyl sites for hydroxylation is 2. The zero-order valence-corrected chi connectivity index (χ0v) is 23.1. The van der Waals surface area contributed by atoms with Gasteiger partial charge >= 0.3 is 0 Å². The van der Waals surface area contributed by atoms with E-state index in [0.717, 1.165) is 68.7 Å². The number of nitrogens with one attached hydrogen (secondary N) is 2. The van der Waals surface area contributed by atoms with E-state index in [2.05, 4.69) is 115 Å². The van der Waals surface area contributed by atoms with E-state index >= 15 is 0 Å². The molecule has 2 aromatic carbocycles. The number of H-pyrrole nitrogens is 2. The lowest BCUT2D eigenvalue weighted by molar-refractivity contribution is 0.966. The van der Waals surface area contributed by atoms with Crippen molar-refractivity contribution < 1.29 is 0 Å². The van der Waals surface area contributed by atoms with Gasteiger partial charge in [-0.2, -0.15) is 5.10 Å². The van der Waals surface area contributed by atoms with Crippen LogP contribution >= 0.6 is 0 Å². The van der Waals surface area contributed by atoms with Gasteiger partial charge < -0.3 is 4.98 Å². The Morgan fingerprint density at radius 3 is 2.55 bits per heavy atom. The summed E-state index contributed by atoms with van der Waals surface area (Å²) >= 11 is 0. The second-order valence-electron chi connectivity index (χ2n) is 9.77. The number of aromatic nitrogens is 4. The number of benzene rings is 2. The van der Waals surface area contributed by atoms with Crippen molar-refractivity contribution in [3.8, 4) is 11.4 Å². The van der Waals surface area contributed by atoms with Crippen molar-refractivity contribution in [1.29, 1.82) is 0 Å². The van der Waals surface area contributed by atoms with Crippen molar-refractivity contribution in [3.05, 3.63) is 156 Å². The van der Waals surface area contributed by atoms with E-state index in [1.54, 1.807) is 6.20 Å². The van der Waals surface area contributed by atoms with Gasteiger partial charge in [0.2, 0.25) is 0 Å². The van der Waals surface area contributed by atoms with Crippen LogP contribution in [-0.2, 0) is 6.42 Å². The summed E-state index contributed by atoms with van der Waals surface area (Å²) in [6.07, 6.45) is 15.8. The summed E-state index contributed by atoms with van der Waals surface area (Å²) in [6.45, 7) is 12.2. The average molecular weight is 523 g/mol. The average Bonchev–Trinajstić information content (AvgIpc) is 3.59. The van der Waals surface area contributed by atoms with Crippen LogP contribution in [0.1, 0.15) is 41.3 Å². The van der Waals surface area contributed by atoms with Gasteiger partial charge in [0, 0.05) is 34.6 Å². The molecule has 4 heteroatoms. The lowest BCUT2D eigenvalue weighted by Crippen LogP contribution is -1.89. The third kappa shape index (κ3) is 5.71. The normalized spacial score (nSPS) is 12.6. The van der Waals surface area contributed by atoms with E-state index in [9.17, 15) is 0 Å². The molecule has 0 fully saturated rings. The fourth-order valence-electron chi connectivity index (χ4n) is 5.05. The molecule has 3 heterocycles. The van der Waals surface area contributed by atoms with E-state index in [0.29, 0.717) is 0 Å². The highest BCUT2D eigenvalue weighted by Crippen LogP contribution is 2.34. The summed E-state index contributed by atoms with van der Waals surface area (Å²) in [4.78, 5) is 7.88. The minimum absolute atomic E-state index is 0.891. The summed E-state index contributed by atoms with van der Waals surface area (Å²) < 4.78 is 0. The van der Waals surface area contributed by atoms with Gasteiger partial charge in [0.25, 0.3) is 0 Å². The molecule has 0 aliphatic heterocycles.